The molecular weight excluding hydrogens is 745 g/mol. The highest BCUT2D eigenvalue weighted by atomic mass is 16.5. The number of hydrogen-bond donors (Lipinski definition) is 0. The molecule has 0 amide bonds. The fourth-order valence-electron chi connectivity index (χ4n) is 9.43. The highest BCUT2D eigenvalue weighted by molar-refractivity contribution is 6.98. The molecular formula is C56H54BNO3. The van der Waals surface area contributed by atoms with E-state index in [0.717, 1.165) is 89.5 Å². The number of hydrogen-bond acceptors (Lipinski definition) is 4. The van der Waals surface area contributed by atoms with Gasteiger partial charge in [0.25, 0.3) is 6.71 Å². The van der Waals surface area contributed by atoms with E-state index in [1.165, 1.54) is 27.8 Å². The first-order valence-corrected chi connectivity index (χ1v) is 21.7. The van der Waals surface area contributed by atoms with E-state index in [2.05, 4.69) is 208 Å². The molecule has 0 fully saturated rings. The molecule has 5 heteroatoms. The van der Waals surface area contributed by atoms with Crippen LogP contribution >= 0.6 is 0 Å². The molecule has 0 saturated carbocycles. The van der Waals surface area contributed by atoms with Crippen LogP contribution in [0.1, 0.15) is 90.1 Å². The molecule has 3 heterocycles. The second-order valence-electron chi connectivity index (χ2n) is 20.4. The molecule has 61 heavy (non-hydrogen) atoms. The minimum absolute atomic E-state index is 0.00191. The van der Waals surface area contributed by atoms with E-state index in [1.54, 1.807) is 0 Å². The molecule has 1 aromatic heterocycles. The monoisotopic (exact) mass is 799 g/mol. The number of ether oxygens (including phenoxy) is 2. The zero-order valence-electron chi connectivity index (χ0n) is 37.4. The Balaban J connectivity index is 1.32. The van der Waals surface area contributed by atoms with Crippen LogP contribution in [0.25, 0.3) is 33.1 Å². The van der Waals surface area contributed by atoms with Crippen molar-refractivity contribution in [2.75, 3.05) is 4.90 Å². The predicted octanol–water partition coefficient (Wildman–Crippen LogP) is 14.0. The number of furan rings is 1. The van der Waals surface area contributed by atoms with Crippen molar-refractivity contribution >= 4 is 62.1 Å². The fourth-order valence-corrected chi connectivity index (χ4v) is 9.43. The lowest BCUT2D eigenvalue weighted by Gasteiger charge is -2.37. The van der Waals surface area contributed by atoms with Gasteiger partial charge < -0.3 is 18.8 Å². The summed E-state index contributed by atoms with van der Waals surface area (Å²) >= 11 is 0. The normalized spacial score (nSPS) is 13.4. The van der Waals surface area contributed by atoms with Gasteiger partial charge in [0.1, 0.15) is 39.9 Å². The molecule has 10 rings (SSSR count). The Labute approximate surface area is 361 Å². The number of anilines is 3. The number of para-hydroxylation sites is 1. The molecule has 0 saturated heterocycles. The van der Waals surface area contributed by atoms with Crippen LogP contribution in [0.4, 0.5) is 17.1 Å². The van der Waals surface area contributed by atoms with Crippen molar-refractivity contribution in [3.8, 4) is 34.1 Å². The third-order valence-electron chi connectivity index (χ3n) is 12.7. The summed E-state index contributed by atoms with van der Waals surface area (Å²) in [4.78, 5) is 2.40. The van der Waals surface area contributed by atoms with Gasteiger partial charge in [0.05, 0.1) is 5.39 Å². The van der Waals surface area contributed by atoms with Crippen LogP contribution in [0.15, 0.2) is 132 Å². The van der Waals surface area contributed by atoms with Crippen LogP contribution < -0.4 is 30.8 Å². The number of rotatable bonds is 4. The van der Waals surface area contributed by atoms with Gasteiger partial charge in [-0.3, -0.25) is 0 Å². The molecule has 0 N–H and O–H groups in total. The Morgan fingerprint density at radius 2 is 1.02 bits per heavy atom. The van der Waals surface area contributed by atoms with Crippen LogP contribution in [-0.2, 0) is 16.2 Å². The summed E-state index contributed by atoms with van der Waals surface area (Å²) < 4.78 is 21.4. The van der Waals surface area contributed by atoms with Crippen LogP contribution in [-0.4, -0.2) is 6.71 Å². The van der Waals surface area contributed by atoms with Crippen molar-refractivity contribution in [2.45, 2.75) is 92.4 Å². The molecule has 0 radical (unpaired) electrons. The van der Waals surface area contributed by atoms with Crippen molar-refractivity contribution in [3.63, 3.8) is 0 Å². The van der Waals surface area contributed by atoms with Crippen LogP contribution in [0.2, 0.25) is 0 Å². The minimum atomic E-state index is -0.183. The molecule has 0 bridgehead atoms. The summed E-state index contributed by atoms with van der Waals surface area (Å²) in [6, 6.07) is 46.7. The first-order valence-electron chi connectivity index (χ1n) is 21.7. The molecule has 2 aliphatic rings. The maximum absolute atomic E-state index is 7.53. The summed E-state index contributed by atoms with van der Waals surface area (Å²) in [5, 5.41) is 2.05. The van der Waals surface area contributed by atoms with E-state index in [4.69, 9.17) is 13.9 Å². The molecule has 0 aliphatic carbocycles. The van der Waals surface area contributed by atoms with Crippen molar-refractivity contribution in [3.05, 3.63) is 155 Å². The first kappa shape index (κ1) is 39.0. The SMILES string of the molecule is Cc1cc(C)cc(-c2cc3c4c(c2)Oc2c(cc5oc6ccccc6c5c2N(c2ccc(C(C)(C)C)cc2)c2ccc(C(C)(C)C)cc2)B4c2cc(C(C)(C)C)ccc2O3)c1. The summed E-state index contributed by atoms with van der Waals surface area (Å²) in [6.45, 7) is 24.6. The zero-order valence-corrected chi connectivity index (χ0v) is 37.4. The standard InChI is InChI=1S/C56H54BNO3/c1-33-26-34(2)28-35(27-33)36-29-48-51-49(30-36)61-53-44(57(51)43-31-39(56(9,10)11)20-25-46(43)60-48)32-47-50(42-14-12-13-15-45(42)59-47)52(53)58(40-21-16-37(17-22-40)54(3,4)5)41-23-18-38(19-24-41)55(6,7)8/h12-32H,1-11H3. The van der Waals surface area contributed by atoms with E-state index < -0.39 is 0 Å². The Morgan fingerprint density at radius 3 is 1.61 bits per heavy atom. The van der Waals surface area contributed by atoms with Gasteiger partial charge in [-0.25, -0.2) is 0 Å². The van der Waals surface area contributed by atoms with Crippen molar-refractivity contribution in [1.29, 1.82) is 0 Å². The van der Waals surface area contributed by atoms with E-state index in [1.807, 2.05) is 0 Å². The van der Waals surface area contributed by atoms with Gasteiger partial charge in [0, 0.05) is 22.2 Å². The third kappa shape index (κ3) is 6.61. The Bertz CT molecular complexity index is 2970. The average Bonchev–Trinajstić information content (AvgIpc) is 3.57. The van der Waals surface area contributed by atoms with E-state index in [9.17, 15) is 0 Å². The first-order chi connectivity index (χ1) is 28.9. The maximum Gasteiger partial charge on any atom is 0.260 e. The number of benzene rings is 7. The molecule has 0 atom stereocenters. The van der Waals surface area contributed by atoms with Crippen LogP contribution in [0, 0.1) is 13.8 Å². The summed E-state index contributed by atoms with van der Waals surface area (Å²) in [7, 11) is 0. The molecule has 7 aromatic carbocycles. The van der Waals surface area contributed by atoms with E-state index >= 15 is 0 Å². The Hall–Kier alpha value is -6.20. The average molecular weight is 800 g/mol. The lowest BCUT2D eigenvalue weighted by molar-refractivity contribution is 0.465. The van der Waals surface area contributed by atoms with Gasteiger partial charge in [0.15, 0.2) is 0 Å². The van der Waals surface area contributed by atoms with Gasteiger partial charge in [0.2, 0.25) is 0 Å². The molecule has 2 aliphatic heterocycles. The smallest absolute Gasteiger partial charge is 0.260 e. The predicted molar refractivity (Wildman–Crippen MR) is 257 cm³/mol. The van der Waals surface area contributed by atoms with E-state index in [0.29, 0.717) is 0 Å². The van der Waals surface area contributed by atoms with Gasteiger partial charge >= 0.3 is 0 Å². The Kier molecular flexibility index (Phi) is 8.73. The second kappa shape index (κ2) is 13.7. The molecule has 0 spiro atoms. The quantitative estimate of drug-likeness (QED) is 0.166. The number of nitrogens with zero attached hydrogens (tertiary/aromatic N) is 1. The Morgan fingerprint density at radius 1 is 0.475 bits per heavy atom. The maximum atomic E-state index is 7.53. The van der Waals surface area contributed by atoms with Crippen molar-refractivity contribution in [2.24, 2.45) is 0 Å². The third-order valence-corrected chi connectivity index (χ3v) is 12.7. The molecule has 8 aromatic rings. The highest BCUT2D eigenvalue weighted by Gasteiger charge is 2.44. The summed E-state index contributed by atoms with van der Waals surface area (Å²) in [5.41, 5.74) is 16.3. The lowest BCUT2D eigenvalue weighted by Crippen LogP contribution is -2.57. The second-order valence-corrected chi connectivity index (χ2v) is 20.4. The molecule has 4 nitrogen and oxygen atoms in total. The zero-order chi connectivity index (χ0) is 42.7. The highest BCUT2D eigenvalue weighted by Crippen LogP contribution is 2.51. The van der Waals surface area contributed by atoms with E-state index in [-0.39, 0.29) is 23.0 Å². The largest absolute Gasteiger partial charge is 0.458 e. The fraction of sp³-hybridized carbons (Fsp3) is 0.250. The summed E-state index contributed by atoms with van der Waals surface area (Å²) in [6.07, 6.45) is 0. The summed E-state index contributed by atoms with van der Waals surface area (Å²) in [5.74, 6) is 3.29. The number of fused-ring (bicyclic) bond motifs is 7. The van der Waals surface area contributed by atoms with Gasteiger partial charge in [-0.05, 0) is 123 Å². The molecule has 304 valence electrons. The lowest BCUT2D eigenvalue weighted by atomic mass is 9.34. The van der Waals surface area contributed by atoms with Gasteiger partial charge in [-0.1, -0.05) is 146 Å². The molecule has 0 unspecified atom stereocenters. The number of aryl methyl sites for hydroxylation is 2. The van der Waals surface area contributed by atoms with Crippen molar-refractivity contribution < 1.29 is 13.9 Å². The van der Waals surface area contributed by atoms with Gasteiger partial charge in [-0.2, -0.15) is 0 Å². The topological polar surface area (TPSA) is 34.8 Å². The minimum Gasteiger partial charge on any atom is -0.458 e. The van der Waals surface area contributed by atoms with Crippen molar-refractivity contribution in [1.82, 2.24) is 0 Å². The van der Waals surface area contributed by atoms with Crippen LogP contribution in [0.5, 0.6) is 23.0 Å². The van der Waals surface area contributed by atoms with Gasteiger partial charge in [-0.15, -0.1) is 0 Å². The van der Waals surface area contributed by atoms with Crippen LogP contribution in [0.3, 0.4) is 0 Å².